The maximum absolute atomic E-state index is 12.7. The fraction of sp³-hybridized carbons (Fsp3) is 0.304. The number of para-hydroxylation sites is 1. The second-order valence-electron chi connectivity index (χ2n) is 7.38. The molecule has 0 radical (unpaired) electrons. The van der Waals surface area contributed by atoms with E-state index in [4.69, 9.17) is 4.42 Å². The van der Waals surface area contributed by atoms with Crippen LogP contribution >= 0.6 is 0 Å². The third kappa shape index (κ3) is 3.97. The molecule has 150 valence electrons. The molecule has 0 aliphatic carbocycles. The minimum atomic E-state index is -0.442. The SMILES string of the molecule is Cc1c(CCC(=O)N2CCN(c3ccccc3)CC2)c(=O)oc2cc(O)ccc12. The lowest BCUT2D eigenvalue weighted by molar-refractivity contribution is -0.131. The summed E-state index contributed by atoms with van der Waals surface area (Å²) in [5.74, 6) is 0.111. The van der Waals surface area contributed by atoms with E-state index in [0.717, 1.165) is 24.0 Å². The van der Waals surface area contributed by atoms with Crippen molar-refractivity contribution in [1.82, 2.24) is 4.90 Å². The van der Waals surface area contributed by atoms with Gasteiger partial charge >= 0.3 is 5.63 Å². The standard InChI is InChI=1S/C23H24N2O4/c1-16-19-8-7-18(26)15-21(19)29-23(28)20(16)9-10-22(27)25-13-11-24(12-14-25)17-5-3-2-4-6-17/h2-8,15,26H,9-14H2,1H3. The number of rotatable bonds is 4. The van der Waals surface area contributed by atoms with Gasteiger partial charge in [0.2, 0.25) is 5.91 Å². The molecule has 2 heterocycles. The number of carbonyl (C=O) groups excluding carboxylic acids is 1. The molecule has 1 aromatic heterocycles. The summed E-state index contributed by atoms with van der Waals surface area (Å²) in [4.78, 5) is 29.2. The van der Waals surface area contributed by atoms with E-state index in [1.54, 1.807) is 12.1 Å². The molecule has 0 unspecified atom stereocenters. The molecule has 4 rings (SSSR count). The van der Waals surface area contributed by atoms with E-state index in [1.165, 1.54) is 11.8 Å². The predicted octanol–water partition coefficient (Wildman–Crippen LogP) is 3.09. The number of phenolic OH excluding ortho intramolecular Hbond substituents is 1. The predicted molar refractivity (Wildman–Crippen MR) is 112 cm³/mol. The van der Waals surface area contributed by atoms with Crippen LogP contribution in [0.25, 0.3) is 11.0 Å². The lowest BCUT2D eigenvalue weighted by atomic mass is 10.0. The zero-order chi connectivity index (χ0) is 20.4. The molecule has 0 saturated carbocycles. The zero-order valence-corrected chi connectivity index (χ0v) is 16.4. The van der Waals surface area contributed by atoms with Crippen LogP contribution < -0.4 is 10.5 Å². The van der Waals surface area contributed by atoms with Crippen LogP contribution in [0, 0.1) is 6.92 Å². The summed E-state index contributed by atoms with van der Waals surface area (Å²) in [7, 11) is 0. The first-order valence-corrected chi connectivity index (χ1v) is 9.86. The van der Waals surface area contributed by atoms with Gasteiger partial charge in [0.1, 0.15) is 11.3 Å². The Balaban J connectivity index is 1.40. The van der Waals surface area contributed by atoms with Gasteiger partial charge in [0.15, 0.2) is 0 Å². The molecule has 0 spiro atoms. The summed E-state index contributed by atoms with van der Waals surface area (Å²) in [6.45, 7) is 4.82. The number of piperazine rings is 1. The Hall–Kier alpha value is -3.28. The second kappa shape index (κ2) is 7.99. The van der Waals surface area contributed by atoms with Crippen molar-refractivity contribution in [3.05, 3.63) is 70.1 Å². The fourth-order valence-electron chi connectivity index (χ4n) is 3.91. The minimum absolute atomic E-state index is 0.0534. The van der Waals surface area contributed by atoms with Crippen LogP contribution in [0.1, 0.15) is 17.5 Å². The Morgan fingerprint density at radius 2 is 1.79 bits per heavy atom. The number of aromatic hydroxyl groups is 1. The highest BCUT2D eigenvalue weighted by Gasteiger charge is 2.22. The highest BCUT2D eigenvalue weighted by atomic mass is 16.4. The second-order valence-corrected chi connectivity index (χ2v) is 7.38. The topological polar surface area (TPSA) is 74.0 Å². The van der Waals surface area contributed by atoms with Gasteiger partial charge in [-0.15, -0.1) is 0 Å². The Morgan fingerprint density at radius 1 is 1.07 bits per heavy atom. The summed E-state index contributed by atoms with van der Waals surface area (Å²) in [5.41, 5.74) is 2.43. The quantitative estimate of drug-likeness (QED) is 0.691. The van der Waals surface area contributed by atoms with Gasteiger partial charge in [-0.25, -0.2) is 4.79 Å². The van der Waals surface area contributed by atoms with Gasteiger partial charge in [0.05, 0.1) is 0 Å². The van der Waals surface area contributed by atoms with E-state index in [2.05, 4.69) is 17.0 Å². The van der Waals surface area contributed by atoms with Crippen LogP contribution in [0.2, 0.25) is 0 Å². The van der Waals surface area contributed by atoms with Gasteiger partial charge in [-0.05, 0) is 43.2 Å². The molecule has 1 N–H and O–H groups in total. The molecule has 1 amide bonds. The first-order chi connectivity index (χ1) is 14.0. The molecule has 1 fully saturated rings. The van der Waals surface area contributed by atoms with Crippen LogP contribution in [0.15, 0.2) is 57.7 Å². The van der Waals surface area contributed by atoms with Crippen molar-refractivity contribution in [3.8, 4) is 5.75 Å². The Morgan fingerprint density at radius 3 is 2.52 bits per heavy atom. The summed E-state index contributed by atoms with van der Waals surface area (Å²) in [6.07, 6.45) is 0.628. The van der Waals surface area contributed by atoms with Crippen molar-refractivity contribution in [1.29, 1.82) is 0 Å². The molecule has 0 bridgehead atoms. The lowest BCUT2D eigenvalue weighted by Crippen LogP contribution is -2.48. The monoisotopic (exact) mass is 392 g/mol. The number of aryl methyl sites for hydroxylation is 1. The van der Waals surface area contributed by atoms with Crippen LogP contribution in [0.4, 0.5) is 5.69 Å². The maximum Gasteiger partial charge on any atom is 0.339 e. The molecule has 29 heavy (non-hydrogen) atoms. The number of phenols is 1. The van der Waals surface area contributed by atoms with E-state index in [-0.39, 0.29) is 18.1 Å². The third-order valence-electron chi connectivity index (χ3n) is 5.61. The van der Waals surface area contributed by atoms with Gasteiger partial charge in [-0.2, -0.15) is 0 Å². The van der Waals surface area contributed by atoms with Crippen molar-refractivity contribution in [2.75, 3.05) is 31.1 Å². The van der Waals surface area contributed by atoms with E-state index in [1.807, 2.05) is 30.0 Å². The molecular weight excluding hydrogens is 368 g/mol. The summed E-state index contributed by atoms with van der Waals surface area (Å²) >= 11 is 0. The molecular formula is C23H24N2O4. The summed E-state index contributed by atoms with van der Waals surface area (Å²) < 4.78 is 5.35. The van der Waals surface area contributed by atoms with Crippen LogP contribution in [-0.4, -0.2) is 42.1 Å². The van der Waals surface area contributed by atoms with Crippen molar-refractivity contribution < 1.29 is 14.3 Å². The molecule has 3 aromatic rings. The molecule has 2 aromatic carbocycles. The normalized spacial score (nSPS) is 14.4. The fourth-order valence-corrected chi connectivity index (χ4v) is 3.91. The van der Waals surface area contributed by atoms with Gasteiger partial charge in [0, 0.05) is 55.3 Å². The number of hydrogen-bond acceptors (Lipinski definition) is 5. The lowest BCUT2D eigenvalue weighted by Gasteiger charge is -2.36. The van der Waals surface area contributed by atoms with Crippen molar-refractivity contribution in [2.45, 2.75) is 19.8 Å². The summed E-state index contributed by atoms with van der Waals surface area (Å²) in [6, 6.07) is 14.9. The van der Waals surface area contributed by atoms with Gasteiger partial charge < -0.3 is 19.3 Å². The average molecular weight is 392 g/mol. The molecule has 1 saturated heterocycles. The number of nitrogens with zero attached hydrogens (tertiary/aromatic N) is 2. The van der Waals surface area contributed by atoms with Gasteiger partial charge in [-0.1, -0.05) is 18.2 Å². The highest BCUT2D eigenvalue weighted by Crippen LogP contribution is 2.24. The van der Waals surface area contributed by atoms with Crippen molar-refractivity contribution in [3.63, 3.8) is 0 Å². The highest BCUT2D eigenvalue weighted by molar-refractivity contribution is 5.82. The first kappa shape index (κ1) is 19.1. The first-order valence-electron chi connectivity index (χ1n) is 9.86. The number of carbonyl (C=O) groups is 1. The third-order valence-corrected chi connectivity index (χ3v) is 5.61. The van der Waals surface area contributed by atoms with Crippen LogP contribution in [-0.2, 0) is 11.2 Å². The molecule has 0 atom stereocenters. The molecule has 6 heteroatoms. The molecule has 1 aliphatic heterocycles. The smallest absolute Gasteiger partial charge is 0.339 e. The molecule has 1 aliphatic rings. The molecule has 6 nitrogen and oxygen atoms in total. The van der Waals surface area contributed by atoms with Crippen molar-refractivity contribution >= 4 is 22.6 Å². The van der Waals surface area contributed by atoms with Gasteiger partial charge in [-0.3, -0.25) is 4.79 Å². The minimum Gasteiger partial charge on any atom is -0.508 e. The Bertz CT molecular complexity index is 1080. The number of anilines is 1. The number of fused-ring (bicyclic) bond motifs is 1. The largest absolute Gasteiger partial charge is 0.508 e. The number of benzene rings is 2. The zero-order valence-electron chi connectivity index (χ0n) is 16.4. The van der Waals surface area contributed by atoms with Gasteiger partial charge in [0.25, 0.3) is 0 Å². The summed E-state index contributed by atoms with van der Waals surface area (Å²) in [5, 5.41) is 10.4. The number of hydrogen-bond donors (Lipinski definition) is 1. The Labute approximate surface area is 169 Å². The van der Waals surface area contributed by atoms with Crippen LogP contribution in [0.3, 0.4) is 0 Å². The van der Waals surface area contributed by atoms with E-state index in [0.29, 0.717) is 30.7 Å². The number of amides is 1. The van der Waals surface area contributed by atoms with E-state index in [9.17, 15) is 14.7 Å². The average Bonchev–Trinajstić information content (AvgIpc) is 2.74. The maximum atomic E-state index is 12.7. The Kier molecular flexibility index (Phi) is 5.25. The van der Waals surface area contributed by atoms with E-state index >= 15 is 0 Å². The van der Waals surface area contributed by atoms with Crippen LogP contribution in [0.5, 0.6) is 5.75 Å². The van der Waals surface area contributed by atoms with Crippen molar-refractivity contribution in [2.24, 2.45) is 0 Å². The van der Waals surface area contributed by atoms with E-state index < -0.39 is 5.63 Å².